The molecule has 0 aliphatic carbocycles. The normalized spacial score (nSPS) is 10.0. The molecule has 0 saturated carbocycles. The van der Waals surface area contributed by atoms with Crippen LogP contribution in [0.1, 0.15) is 21.5 Å². The molecule has 2 aromatic carbocycles. The third-order valence-corrected chi connectivity index (χ3v) is 3.16. The molecule has 21 heavy (non-hydrogen) atoms. The number of carbonyl (C=O) groups excluding carboxylic acids is 1. The van der Waals surface area contributed by atoms with Gasteiger partial charge in [-0.15, -0.1) is 0 Å². The van der Waals surface area contributed by atoms with Crippen LogP contribution in [0.5, 0.6) is 5.75 Å². The number of ether oxygens (including phenoxy) is 1. The molecule has 2 aromatic rings. The lowest BCUT2D eigenvalue weighted by Crippen LogP contribution is -2.24. The molecule has 0 aromatic heterocycles. The highest BCUT2D eigenvalue weighted by molar-refractivity contribution is 5.99. The fourth-order valence-electron chi connectivity index (χ4n) is 2.04. The lowest BCUT2D eigenvalue weighted by atomic mass is 10.1. The van der Waals surface area contributed by atoms with Gasteiger partial charge in [0.2, 0.25) is 0 Å². The van der Waals surface area contributed by atoms with Crippen LogP contribution in [-0.4, -0.2) is 13.0 Å². The van der Waals surface area contributed by atoms with E-state index in [1.165, 1.54) is 0 Å². The van der Waals surface area contributed by atoms with Crippen molar-refractivity contribution in [2.45, 2.75) is 13.5 Å². The average Bonchev–Trinajstić information content (AvgIpc) is 2.52. The van der Waals surface area contributed by atoms with E-state index in [1.807, 2.05) is 43.3 Å². The summed E-state index contributed by atoms with van der Waals surface area (Å²) in [6.45, 7) is 2.37. The molecule has 0 unspecified atom stereocenters. The first-order chi connectivity index (χ1) is 10.1. The molecule has 0 saturated heterocycles. The predicted molar refractivity (Wildman–Crippen MR) is 83.2 cm³/mol. The van der Waals surface area contributed by atoms with Crippen molar-refractivity contribution in [3.8, 4) is 5.75 Å². The van der Waals surface area contributed by atoms with Crippen molar-refractivity contribution < 1.29 is 9.53 Å². The zero-order chi connectivity index (χ0) is 15.2. The van der Waals surface area contributed by atoms with Crippen molar-refractivity contribution in [1.82, 2.24) is 5.32 Å². The van der Waals surface area contributed by atoms with E-state index in [2.05, 4.69) is 10.7 Å². The summed E-state index contributed by atoms with van der Waals surface area (Å²) in [4.78, 5) is 12.2. The second-order valence-electron chi connectivity index (χ2n) is 4.73. The number of nitrogens with one attached hydrogen (secondary N) is 2. The molecule has 0 bridgehead atoms. The summed E-state index contributed by atoms with van der Waals surface area (Å²) in [7, 11) is 1.61. The van der Waals surface area contributed by atoms with Crippen LogP contribution in [0.3, 0.4) is 0 Å². The van der Waals surface area contributed by atoms with E-state index in [4.69, 9.17) is 10.6 Å². The number of benzene rings is 2. The number of amides is 1. The van der Waals surface area contributed by atoms with Crippen LogP contribution in [0.25, 0.3) is 0 Å². The first-order valence-electron chi connectivity index (χ1n) is 6.62. The minimum atomic E-state index is -0.175. The Labute approximate surface area is 124 Å². The second-order valence-corrected chi connectivity index (χ2v) is 4.73. The summed E-state index contributed by atoms with van der Waals surface area (Å²) in [5.74, 6) is 6.05. The summed E-state index contributed by atoms with van der Waals surface area (Å²) in [5.41, 5.74) is 5.69. The zero-order valence-electron chi connectivity index (χ0n) is 12.1. The number of hydrogen-bond acceptors (Lipinski definition) is 4. The molecule has 5 nitrogen and oxygen atoms in total. The predicted octanol–water partition coefficient (Wildman–Crippen LogP) is 2.22. The lowest BCUT2D eigenvalue weighted by molar-refractivity contribution is 0.0951. The zero-order valence-corrected chi connectivity index (χ0v) is 12.1. The summed E-state index contributed by atoms with van der Waals surface area (Å²) < 4.78 is 5.16. The maximum atomic E-state index is 12.2. The van der Waals surface area contributed by atoms with Gasteiger partial charge in [0.05, 0.1) is 18.4 Å². The Bertz CT molecular complexity index is 641. The minimum absolute atomic E-state index is 0.175. The molecule has 1 amide bonds. The van der Waals surface area contributed by atoms with E-state index in [0.717, 1.165) is 16.9 Å². The van der Waals surface area contributed by atoms with Gasteiger partial charge in [-0.05, 0) is 42.3 Å². The number of nitrogen functional groups attached to an aromatic ring is 1. The SMILES string of the molecule is COc1cccc(CNC(=O)c2ccc(C)cc2NN)c1. The van der Waals surface area contributed by atoms with Gasteiger partial charge < -0.3 is 15.5 Å². The van der Waals surface area contributed by atoms with Gasteiger partial charge in [-0.2, -0.15) is 0 Å². The van der Waals surface area contributed by atoms with Crippen LogP contribution in [0.4, 0.5) is 5.69 Å². The molecule has 0 heterocycles. The second kappa shape index (κ2) is 6.76. The van der Waals surface area contributed by atoms with Crippen LogP contribution >= 0.6 is 0 Å². The van der Waals surface area contributed by atoms with Gasteiger partial charge in [-0.1, -0.05) is 18.2 Å². The number of aryl methyl sites for hydroxylation is 1. The lowest BCUT2D eigenvalue weighted by Gasteiger charge is -2.11. The number of hydrogen-bond donors (Lipinski definition) is 3. The number of methoxy groups -OCH3 is 1. The Hall–Kier alpha value is -2.53. The van der Waals surface area contributed by atoms with Crippen molar-refractivity contribution >= 4 is 11.6 Å². The quantitative estimate of drug-likeness (QED) is 0.581. The third kappa shape index (κ3) is 3.73. The average molecular weight is 285 g/mol. The van der Waals surface area contributed by atoms with Gasteiger partial charge in [-0.25, -0.2) is 0 Å². The molecule has 110 valence electrons. The Balaban J connectivity index is 2.08. The van der Waals surface area contributed by atoms with Gasteiger partial charge >= 0.3 is 0 Å². The Morgan fingerprint density at radius 2 is 2.05 bits per heavy atom. The molecule has 2 rings (SSSR count). The highest BCUT2D eigenvalue weighted by Crippen LogP contribution is 2.17. The van der Waals surface area contributed by atoms with Crippen molar-refractivity contribution in [2.24, 2.45) is 5.84 Å². The smallest absolute Gasteiger partial charge is 0.253 e. The Morgan fingerprint density at radius 3 is 2.76 bits per heavy atom. The fraction of sp³-hybridized carbons (Fsp3) is 0.188. The summed E-state index contributed by atoms with van der Waals surface area (Å²) >= 11 is 0. The molecular weight excluding hydrogens is 266 g/mol. The number of nitrogens with two attached hydrogens (primary N) is 1. The molecule has 0 radical (unpaired) electrons. The minimum Gasteiger partial charge on any atom is -0.497 e. The van der Waals surface area contributed by atoms with E-state index in [0.29, 0.717) is 17.8 Å². The maximum absolute atomic E-state index is 12.2. The first kappa shape index (κ1) is 14.9. The molecule has 5 heteroatoms. The number of carbonyl (C=O) groups is 1. The first-order valence-corrected chi connectivity index (χ1v) is 6.62. The molecule has 0 aliphatic heterocycles. The van der Waals surface area contributed by atoms with Crippen molar-refractivity contribution in [1.29, 1.82) is 0 Å². The van der Waals surface area contributed by atoms with Gasteiger partial charge in [0, 0.05) is 6.54 Å². The molecule has 0 spiro atoms. The van der Waals surface area contributed by atoms with Crippen LogP contribution in [-0.2, 0) is 6.54 Å². The van der Waals surface area contributed by atoms with Gasteiger partial charge in [-0.3, -0.25) is 10.6 Å². The summed E-state index contributed by atoms with van der Waals surface area (Å²) in [6.07, 6.45) is 0. The van der Waals surface area contributed by atoms with E-state index in [9.17, 15) is 4.79 Å². The van der Waals surface area contributed by atoms with Crippen molar-refractivity contribution in [3.63, 3.8) is 0 Å². The monoisotopic (exact) mass is 285 g/mol. The molecule has 0 aliphatic rings. The van der Waals surface area contributed by atoms with Crippen LogP contribution in [0.15, 0.2) is 42.5 Å². The van der Waals surface area contributed by atoms with E-state index >= 15 is 0 Å². The number of anilines is 1. The van der Waals surface area contributed by atoms with Gasteiger partial charge in [0.25, 0.3) is 5.91 Å². The Kier molecular flexibility index (Phi) is 4.79. The molecule has 0 atom stereocenters. The highest BCUT2D eigenvalue weighted by atomic mass is 16.5. The topological polar surface area (TPSA) is 76.4 Å². The van der Waals surface area contributed by atoms with Crippen molar-refractivity contribution in [2.75, 3.05) is 12.5 Å². The van der Waals surface area contributed by atoms with Gasteiger partial charge in [0.1, 0.15) is 5.75 Å². The van der Waals surface area contributed by atoms with E-state index in [-0.39, 0.29) is 5.91 Å². The largest absolute Gasteiger partial charge is 0.497 e. The standard InChI is InChI=1S/C16H19N3O2/c1-11-6-7-14(15(8-11)19-17)16(20)18-10-12-4-3-5-13(9-12)21-2/h3-9,19H,10,17H2,1-2H3,(H,18,20). The molecular formula is C16H19N3O2. The van der Waals surface area contributed by atoms with Crippen LogP contribution in [0, 0.1) is 6.92 Å². The number of rotatable bonds is 5. The Morgan fingerprint density at radius 1 is 1.24 bits per heavy atom. The van der Waals surface area contributed by atoms with Crippen LogP contribution in [0.2, 0.25) is 0 Å². The van der Waals surface area contributed by atoms with E-state index in [1.54, 1.807) is 13.2 Å². The van der Waals surface area contributed by atoms with Gasteiger partial charge in [0.15, 0.2) is 0 Å². The summed E-state index contributed by atoms with van der Waals surface area (Å²) in [6, 6.07) is 13.0. The maximum Gasteiger partial charge on any atom is 0.253 e. The third-order valence-electron chi connectivity index (χ3n) is 3.16. The fourth-order valence-corrected chi connectivity index (χ4v) is 2.04. The van der Waals surface area contributed by atoms with E-state index < -0.39 is 0 Å². The molecule has 4 N–H and O–H groups in total. The van der Waals surface area contributed by atoms with Crippen molar-refractivity contribution in [3.05, 3.63) is 59.2 Å². The molecule has 0 fully saturated rings. The van der Waals surface area contributed by atoms with Crippen LogP contribution < -0.4 is 21.3 Å². The highest BCUT2D eigenvalue weighted by Gasteiger charge is 2.10. The summed E-state index contributed by atoms with van der Waals surface area (Å²) in [5, 5.41) is 2.87. The number of hydrazine groups is 1.